The molecule has 1 aliphatic rings. The number of carbonyl (C=O) groups excluding carboxylic acids is 2. The number of nitrogens with one attached hydrogen (secondary N) is 1. The van der Waals surface area contributed by atoms with Crippen molar-refractivity contribution in [2.45, 2.75) is 282 Å². The third kappa shape index (κ3) is 36.6. The van der Waals surface area contributed by atoms with E-state index in [1.54, 1.807) is 6.08 Å². The first-order valence-electron chi connectivity index (χ1n) is 28.8. The number of hydrogen-bond donors (Lipinski definition) is 6. The third-order valence-corrected chi connectivity index (χ3v) is 13.2. The van der Waals surface area contributed by atoms with Crippen LogP contribution in [0, 0.1) is 0 Å². The fourth-order valence-electron chi connectivity index (χ4n) is 8.60. The van der Waals surface area contributed by atoms with E-state index in [9.17, 15) is 35.1 Å². The van der Waals surface area contributed by atoms with Gasteiger partial charge in [0.15, 0.2) is 12.4 Å². The number of carbonyl (C=O) groups is 2. The van der Waals surface area contributed by atoms with Crippen molar-refractivity contribution in [1.29, 1.82) is 0 Å². The van der Waals surface area contributed by atoms with Crippen molar-refractivity contribution in [2.24, 2.45) is 0 Å². The van der Waals surface area contributed by atoms with Gasteiger partial charge < -0.3 is 45.1 Å². The smallest absolute Gasteiger partial charge is 0.306 e. The van der Waals surface area contributed by atoms with Crippen LogP contribution >= 0.6 is 0 Å². The molecule has 410 valence electrons. The molecule has 11 heteroatoms. The summed E-state index contributed by atoms with van der Waals surface area (Å²) in [7, 11) is 0. The Kier molecular flexibility index (Phi) is 44.8. The van der Waals surface area contributed by atoms with Crippen LogP contribution in [0.3, 0.4) is 0 Å². The highest BCUT2D eigenvalue weighted by Crippen LogP contribution is 2.26. The fourth-order valence-corrected chi connectivity index (χ4v) is 8.60. The number of rotatable bonds is 47. The molecule has 1 heterocycles. The molecule has 0 radical (unpaired) electrons. The van der Waals surface area contributed by atoms with Crippen LogP contribution in [-0.4, -0.2) is 99.6 Å². The van der Waals surface area contributed by atoms with E-state index in [0.717, 1.165) is 89.9 Å². The van der Waals surface area contributed by atoms with Crippen molar-refractivity contribution in [3.05, 3.63) is 72.9 Å². The Morgan fingerprint density at radius 3 is 1.56 bits per heavy atom. The molecule has 11 nitrogen and oxygen atoms in total. The molecular weight excluding hydrogens is 895 g/mol. The lowest BCUT2D eigenvalue weighted by molar-refractivity contribution is -0.305. The number of esters is 1. The van der Waals surface area contributed by atoms with Crippen LogP contribution in [0.5, 0.6) is 0 Å². The zero-order chi connectivity index (χ0) is 51.8. The third-order valence-electron chi connectivity index (χ3n) is 13.2. The molecule has 1 aliphatic heterocycles. The van der Waals surface area contributed by atoms with E-state index in [-0.39, 0.29) is 19.4 Å². The Hall–Kier alpha value is -2.90. The molecular formula is C60H105NO10. The highest BCUT2D eigenvalue weighted by atomic mass is 16.7. The van der Waals surface area contributed by atoms with Crippen LogP contribution in [-0.2, 0) is 23.8 Å². The predicted molar refractivity (Wildman–Crippen MR) is 292 cm³/mol. The predicted octanol–water partition coefficient (Wildman–Crippen LogP) is 12.8. The highest BCUT2D eigenvalue weighted by molar-refractivity contribution is 5.80. The Bertz CT molecular complexity index is 1430. The number of unbranched alkanes of at least 4 members (excludes halogenated alkanes) is 26. The van der Waals surface area contributed by atoms with Crippen molar-refractivity contribution in [3.63, 3.8) is 0 Å². The van der Waals surface area contributed by atoms with Gasteiger partial charge in [-0.25, -0.2) is 0 Å². The van der Waals surface area contributed by atoms with E-state index < -0.39 is 67.4 Å². The van der Waals surface area contributed by atoms with Gasteiger partial charge in [-0.2, -0.15) is 0 Å². The summed E-state index contributed by atoms with van der Waals surface area (Å²) in [5.41, 5.74) is 0. The molecule has 0 aliphatic carbocycles. The molecule has 0 bridgehead atoms. The highest BCUT2D eigenvalue weighted by Gasteiger charge is 2.47. The number of hydrogen-bond acceptors (Lipinski definition) is 10. The molecule has 0 aromatic rings. The molecule has 0 spiro atoms. The van der Waals surface area contributed by atoms with Gasteiger partial charge in [-0.3, -0.25) is 9.59 Å². The van der Waals surface area contributed by atoms with Crippen LogP contribution < -0.4 is 5.32 Å². The fraction of sp³-hybridized carbons (Fsp3) is 0.767. The maximum absolute atomic E-state index is 13.4. The summed E-state index contributed by atoms with van der Waals surface area (Å²) in [6.45, 7) is 5.61. The van der Waals surface area contributed by atoms with Crippen LogP contribution in [0.2, 0.25) is 0 Å². The normalized spacial score (nSPS) is 20.1. The van der Waals surface area contributed by atoms with Crippen molar-refractivity contribution in [2.75, 3.05) is 13.2 Å². The molecule has 8 atom stereocenters. The first kappa shape index (κ1) is 66.1. The molecule has 0 saturated carbocycles. The Morgan fingerprint density at radius 2 is 1.03 bits per heavy atom. The van der Waals surface area contributed by atoms with Crippen molar-refractivity contribution < 1.29 is 49.3 Å². The van der Waals surface area contributed by atoms with Gasteiger partial charge in [0.1, 0.15) is 24.4 Å². The Balaban J connectivity index is 2.74. The number of aliphatic hydroxyl groups excluding tert-OH is 5. The number of amides is 1. The zero-order valence-corrected chi connectivity index (χ0v) is 45.1. The van der Waals surface area contributed by atoms with E-state index in [1.165, 1.54) is 96.3 Å². The SMILES string of the molecule is CC/C=C/C=C/C=C/C=C\CCCCCCCC(=O)OC1C(OCC(NC(=O)C(O)CCCCCCCC/C=C/CCCCCCCC)C(O)/C=C/CCCCCCCCCCC)OC(CO)C(O)C1O. The first-order chi connectivity index (χ1) is 34.7. The van der Waals surface area contributed by atoms with Gasteiger partial charge in [0.05, 0.1) is 25.4 Å². The largest absolute Gasteiger partial charge is 0.454 e. The molecule has 0 aromatic carbocycles. The number of allylic oxidation sites excluding steroid dienone is 11. The number of ether oxygens (including phenoxy) is 3. The van der Waals surface area contributed by atoms with Gasteiger partial charge in [0.2, 0.25) is 5.91 Å². The second-order valence-electron chi connectivity index (χ2n) is 19.7. The minimum atomic E-state index is -1.63. The van der Waals surface area contributed by atoms with E-state index in [2.05, 4.69) is 50.4 Å². The van der Waals surface area contributed by atoms with Gasteiger partial charge in [-0.1, -0.05) is 229 Å². The lowest BCUT2D eigenvalue weighted by Crippen LogP contribution is -2.61. The van der Waals surface area contributed by atoms with E-state index in [1.807, 2.05) is 42.5 Å². The van der Waals surface area contributed by atoms with Gasteiger partial charge in [0, 0.05) is 6.42 Å². The molecule has 1 fully saturated rings. The van der Waals surface area contributed by atoms with Crippen LogP contribution in [0.1, 0.15) is 233 Å². The minimum absolute atomic E-state index is 0.0944. The minimum Gasteiger partial charge on any atom is -0.454 e. The van der Waals surface area contributed by atoms with Crippen molar-refractivity contribution in [1.82, 2.24) is 5.32 Å². The van der Waals surface area contributed by atoms with Gasteiger partial charge in [-0.15, -0.1) is 0 Å². The summed E-state index contributed by atoms with van der Waals surface area (Å²) in [6, 6.07) is -1.03. The molecule has 8 unspecified atom stereocenters. The Labute approximate surface area is 432 Å². The molecule has 1 amide bonds. The average Bonchev–Trinajstić information content (AvgIpc) is 3.37. The lowest BCUT2D eigenvalue weighted by Gasteiger charge is -2.41. The van der Waals surface area contributed by atoms with Crippen LogP contribution in [0.25, 0.3) is 0 Å². The van der Waals surface area contributed by atoms with E-state index >= 15 is 0 Å². The monoisotopic (exact) mass is 1000 g/mol. The molecule has 1 rings (SSSR count). The van der Waals surface area contributed by atoms with E-state index in [4.69, 9.17) is 14.2 Å². The van der Waals surface area contributed by atoms with Gasteiger partial charge >= 0.3 is 5.97 Å². The second kappa shape index (κ2) is 48.1. The van der Waals surface area contributed by atoms with Gasteiger partial charge in [0.25, 0.3) is 0 Å². The maximum Gasteiger partial charge on any atom is 0.306 e. The molecule has 0 aromatic heterocycles. The number of aliphatic hydroxyl groups is 5. The van der Waals surface area contributed by atoms with E-state index in [0.29, 0.717) is 12.8 Å². The lowest BCUT2D eigenvalue weighted by atomic mass is 9.99. The summed E-state index contributed by atoms with van der Waals surface area (Å²) in [5.74, 6) is -1.23. The summed E-state index contributed by atoms with van der Waals surface area (Å²) < 4.78 is 17.5. The molecule has 71 heavy (non-hydrogen) atoms. The summed E-state index contributed by atoms with van der Waals surface area (Å²) in [5, 5.41) is 56.8. The quantitative estimate of drug-likeness (QED) is 0.0149. The molecule has 1 saturated heterocycles. The van der Waals surface area contributed by atoms with Crippen molar-refractivity contribution >= 4 is 11.9 Å². The van der Waals surface area contributed by atoms with Gasteiger partial charge in [-0.05, 0) is 70.6 Å². The topological polar surface area (TPSA) is 175 Å². The first-order valence-corrected chi connectivity index (χ1v) is 28.8. The second-order valence-corrected chi connectivity index (χ2v) is 19.7. The standard InChI is InChI=1S/C60H105NO10/c1-4-7-10-13-16-19-22-24-26-28-29-32-35-38-41-44-47-53(64)59(68)61-51(52(63)46-43-40-37-34-31-21-18-15-12-9-6-3)50-69-60-58(57(67)56(66)54(49-62)70-60)71-55(65)48-45-42-39-36-33-30-27-25-23-20-17-14-11-8-5-2/h8,11,14,17,20,23-27,43,46,51-54,56-58,60,62-64,66-67H,4-7,9-10,12-13,15-16,18-19,21-22,28-42,44-45,47-50H2,1-3H3,(H,61,68)/b11-8+,17-14+,23-20+,26-24+,27-25-,46-43+. The van der Waals surface area contributed by atoms with Crippen LogP contribution in [0.15, 0.2) is 72.9 Å². The van der Waals surface area contributed by atoms with Crippen LogP contribution in [0.4, 0.5) is 0 Å². The Morgan fingerprint density at radius 1 is 0.563 bits per heavy atom. The molecule has 6 N–H and O–H groups in total. The average molecular weight is 1000 g/mol. The summed E-state index contributed by atoms with van der Waals surface area (Å²) in [6.07, 6.45) is 49.4. The summed E-state index contributed by atoms with van der Waals surface area (Å²) >= 11 is 0. The maximum atomic E-state index is 13.4. The van der Waals surface area contributed by atoms with Crippen molar-refractivity contribution in [3.8, 4) is 0 Å². The zero-order valence-electron chi connectivity index (χ0n) is 45.1. The summed E-state index contributed by atoms with van der Waals surface area (Å²) in [4.78, 5) is 26.4.